The standard InChI is InChI=1S/C17H29NO3/c1-13(2)11-16(7-3-4-8-16)15(21)18-17(12-14(19)20)9-5-6-10-17/h13H,3-12H2,1-2H3,(H,18,21)(H,19,20). The van der Waals surface area contributed by atoms with Crippen LogP contribution in [0.25, 0.3) is 0 Å². The number of hydrogen-bond donors (Lipinski definition) is 2. The Morgan fingerprint density at radius 3 is 2.05 bits per heavy atom. The van der Waals surface area contributed by atoms with E-state index in [4.69, 9.17) is 0 Å². The first-order chi connectivity index (χ1) is 9.88. The van der Waals surface area contributed by atoms with Gasteiger partial charge in [-0.25, -0.2) is 0 Å². The zero-order valence-corrected chi connectivity index (χ0v) is 13.4. The van der Waals surface area contributed by atoms with Crippen molar-refractivity contribution >= 4 is 11.9 Å². The van der Waals surface area contributed by atoms with E-state index in [1.807, 2.05) is 0 Å². The molecule has 0 atom stereocenters. The first-order valence-electron chi connectivity index (χ1n) is 8.42. The molecular formula is C17H29NO3. The Morgan fingerprint density at radius 2 is 1.57 bits per heavy atom. The van der Waals surface area contributed by atoms with Crippen LogP contribution in [-0.2, 0) is 9.59 Å². The van der Waals surface area contributed by atoms with E-state index >= 15 is 0 Å². The number of hydrogen-bond acceptors (Lipinski definition) is 2. The van der Waals surface area contributed by atoms with Gasteiger partial charge in [-0.05, 0) is 38.0 Å². The molecule has 2 N–H and O–H groups in total. The Kier molecular flexibility index (Phi) is 4.95. The van der Waals surface area contributed by atoms with Crippen LogP contribution in [0.4, 0.5) is 0 Å². The van der Waals surface area contributed by atoms with Gasteiger partial charge >= 0.3 is 5.97 Å². The van der Waals surface area contributed by atoms with Gasteiger partial charge in [-0.2, -0.15) is 0 Å². The second kappa shape index (κ2) is 6.37. The van der Waals surface area contributed by atoms with Crippen molar-refractivity contribution in [2.75, 3.05) is 0 Å². The number of carbonyl (C=O) groups is 2. The molecule has 0 aromatic rings. The minimum Gasteiger partial charge on any atom is -0.481 e. The molecule has 2 saturated carbocycles. The first-order valence-corrected chi connectivity index (χ1v) is 8.42. The zero-order chi connectivity index (χ0) is 15.5. The predicted octanol–water partition coefficient (Wildman–Crippen LogP) is 3.50. The number of carboxylic acids is 1. The number of rotatable bonds is 6. The summed E-state index contributed by atoms with van der Waals surface area (Å²) < 4.78 is 0. The third-order valence-electron chi connectivity index (χ3n) is 5.27. The van der Waals surface area contributed by atoms with E-state index in [1.54, 1.807) is 0 Å². The summed E-state index contributed by atoms with van der Waals surface area (Å²) >= 11 is 0. The second-order valence-corrected chi connectivity index (χ2v) is 7.60. The number of aliphatic carboxylic acids is 1. The SMILES string of the molecule is CC(C)CC1(C(=O)NC2(CC(=O)O)CCCC2)CCCC1. The molecule has 0 saturated heterocycles. The normalized spacial score (nSPS) is 23.4. The fourth-order valence-electron chi connectivity index (χ4n) is 4.42. The number of amides is 1. The quantitative estimate of drug-likeness (QED) is 0.788. The molecule has 1 amide bonds. The Balaban J connectivity index is 2.11. The molecule has 0 aromatic heterocycles. The summed E-state index contributed by atoms with van der Waals surface area (Å²) in [5.41, 5.74) is -0.738. The van der Waals surface area contributed by atoms with Crippen LogP contribution in [0, 0.1) is 11.3 Å². The van der Waals surface area contributed by atoms with Crippen LogP contribution in [0.2, 0.25) is 0 Å². The number of nitrogens with one attached hydrogen (secondary N) is 1. The van der Waals surface area contributed by atoms with E-state index < -0.39 is 11.5 Å². The lowest BCUT2D eigenvalue weighted by Gasteiger charge is -2.36. The molecular weight excluding hydrogens is 266 g/mol. The summed E-state index contributed by atoms with van der Waals surface area (Å²) in [7, 11) is 0. The molecule has 4 heteroatoms. The minimum atomic E-state index is -0.804. The molecule has 2 fully saturated rings. The Hall–Kier alpha value is -1.06. The van der Waals surface area contributed by atoms with Gasteiger partial charge in [0.2, 0.25) is 5.91 Å². The van der Waals surface area contributed by atoms with Crippen LogP contribution in [-0.4, -0.2) is 22.5 Å². The monoisotopic (exact) mass is 295 g/mol. The highest BCUT2D eigenvalue weighted by Crippen LogP contribution is 2.44. The maximum Gasteiger partial charge on any atom is 0.305 e. The van der Waals surface area contributed by atoms with E-state index in [0.717, 1.165) is 57.8 Å². The van der Waals surface area contributed by atoms with Gasteiger partial charge in [-0.3, -0.25) is 9.59 Å². The molecule has 0 aliphatic heterocycles. The lowest BCUT2D eigenvalue weighted by atomic mass is 9.76. The fourth-order valence-corrected chi connectivity index (χ4v) is 4.42. The maximum atomic E-state index is 12.9. The molecule has 0 bridgehead atoms. The van der Waals surface area contributed by atoms with Gasteiger partial charge in [0, 0.05) is 5.41 Å². The van der Waals surface area contributed by atoms with Gasteiger partial charge in [0.25, 0.3) is 0 Å². The average molecular weight is 295 g/mol. The van der Waals surface area contributed by atoms with Gasteiger partial charge in [0.1, 0.15) is 0 Å². The van der Waals surface area contributed by atoms with Crippen LogP contribution < -0.4 is 5.32 Å². The van der Waals surface area contributed by atoms with Gasteiger partial charge in [-0.15, -0.1) is 0 Å². The van der Waals surface area contributed by atoms with Crippen molar-refractivity contribution in [3.63, 3.8) is 0 Å². The van der Waals surface area contributed by atoms with Gasteiger partial charge in [0.05, 0.1) is 12.0 Å². The molecule has 2 aliphatic rings. The number of carbonyl (C=O) groups excluding carboxylic acids is 1. The zero-order valence-electron chi connectivity index (χ0n) is 13.4. The molecule has 2 rings (SSSR count). The molecule has 0 aromatic carbocycles. The van der Waals surface area contributed by atoms with Crippen molar-refractivity contribution in [3.8, 4) is 0 Å². The highest BCUT2D eigenvalue weighted by Gasteiger charge is 2.46. The van der Waals surface area contributed by atoms with Crippen LogP contribution >= 0.6 is 0 Å². The topological polar surface area (TPSA) is 66.4 Å². The van der Waals surface area contributed by atoms with E-state index in [-0.39, 0.29) is 17.7 Å². The van der Waals surface area contributed by atoms with Crippen LogP contribution in [0.3, 0.4) is 0 Å². The first kappa shape index (κ1) is 16.3. The van der Waals surface area contributed by atoms with Crippen LogP contribution in [0.1, 0.15) is 78.1 Å². The predicted molar refractivity (Wildman–Crippen MR) is 82.0 cm³/mol. The Morgan fingerprint density at radius 1 is 1.05 bits per heavy atom. The minimum absolute atomic E-state index is 0.0660. The molecule has 4 nitrogen and oxygen atoms in total. The summed E-state index contributed by atoms with van der Waals surface area (Å²) in [6.07, 6.45) is 8.79. The lowest BCUT2D eigenvalue weighted by Crippen LogP contribution is -2.53. The van der Waals surface area contributed by atoms with Crippen molar-refractivity contribution in [1.29, 1.82) is 0 Å². The average Bonchev–Trinajstić information content (AvgIpc) is 2.98. The molecule has 120 valence electrons. The van der Waals surface area contributed by atoms with E-state index in [1.165, 1.54) is 0 Å². The maximum absolute atomic E-state index is 12.9. The summed E-state index contributed by atoms with van der Waals surface area (Å²) in [6, 6.07) is 0. The van der Waals surface area contributed by atoms with E-state index in [0.29, 0.717) is 5.92 Å². The largest absolute Gasteiger partial charge is 0.481 e. The van der Waals surface area contributed by atoms with Gasteiger partial charge in [-0.1, -0.05) is 39.5 Å². The molecule has 0 unspecified atom stereocenters. The van der Waals surface area contributed by atoms with Crippen molar-refractivity contribution < 1.29 is 14.7 Å². The summed E-state index contributed by atoms with van der Waals surface area (Å²) in [5, 5.41) is 12.4. The Bertz CT molecular complexity index is 391. The number of carboxylic acid groups (broad SMARTS) is 1. The van der Waals surface area contributed by atoms with Crippen molar-refractivity contribution in [3.05, 3.63) is 0 Å². The summed E-state index contributed by atoms with van der Waals surface area (Å²) in [4.78, 5) is 24.1. The smallest absolute Gasteiger partial charge is 0.305 e. The van der Waals surface area contributed by atoms with Crippen LogP contribution in [0.5, 0.6) is 0 Å². The van der Waals surface area contributed by atoms with Crippen molar-refractivity contribution in [2.45, 2.75) is 83.6 Å². The van der Waals surface area contributed by atoms with Crippen LogP contribution in [0.15, 0.2) is 0 Å². The van der Waals surface area contributed by atoms with Crippen molar-refractivity contribution in [1.82, 2.24) is 5.32 Å². The summed E-state index contributed by atoms with van der Waals surface area (Å²) in [6.45, 7) is 4.33. The summed E-state index contributed by atoms with van der Waals surface area (Å²) in [5.74, 6) is -0.189. The highest BCUT2D eigenvalue weighted by molar-refractivity contribution is 5.84. The van der Waals surface area contributed by atoms with E-state index in [9.17, 15) is 14.7 Å². The van der Waals surface area contributed by atoms with Gasteiger partial charge < -0.3 is 10.4 Å². The fraction of sp³-hybridized carbons (Fsp3) is 0.882. The van der Waals surface area contributed by atoms with Crippen molar-refractivity contribution in [2.24, 2.45) is 11.3 Å². The molecule has 0 heterocycles. The van der Waals surface area contributed by atoms with Gasteiger partial charge in [0.15, 0.2) is 0 Å². The molecule has 0 radical (unpaired) electrons. The van der Waals surface area contributed by atoms with E-state index in [2.05, 4.69) is 19.2 Å². The third kappa shape index (κ3) is 3.78. The Labute approximate surface area is 127 Å². The molecule has 2 aliphatic carbocycles. The highest BCUT2D eigenvalue weighted by atomic mass is 16.4. The second-order valence-electron chi connectivity index (χ2n) is 7.60. The molecule has 21 heavy (non-hydrogen) atoms. The third-order valence-corrected chi connectivity index (χ3v) is 5.27. The molecule has 0 spiro atoms. The lowest BCUT2D eigenvalue weighted by molar-refractivity contribution is -0.140.